The fraction of sp³-hybridized carbons (Fsp3) is 0.118. The van der Waals surface area contributed by atoms with Crippen LogP contribution in [0.3, 0.4) is 0 Å². The van der Waals surface area contributed by atoms with E-state index >= 15 is 0 Å². The molecule has 6 rings (SSSR count). The summed E-state index contributed by atoms with van der Waals surface area (Å²) in [6.07, 6.45) is 0.701. The average Bonchev–Trinajstić information content (AvgIpc) is 3.69. The van der Waals surface area contributed by atoms with Crippen LogP contribution < -0.4 is 10.9 Å². The van der Waals surface area contributed by atoms with Crippen molar-refractivity contribution in [1.82, 2.24) is 19.3 Å². The molecule has 4 aromatic heterocycles. The summed E-state index contributed by atoms with van der Waals surface area (Å²) in [5.41, 5.74) is 0.552. The average molecular weight is 660 g/mol. The van der Waals surface area contributed by atoms with Crippen LogP contribution in [-0.2, 0) is 25.7 Å². The van der Waals surface area contributed by atoms with Crippen molar-refractivity contribution in [1.29, 1.82) is 0 Å². The Bertz CT molecular complexity index is 2060. The molecule has 0 aliphatic rings. The van der Waals surface area contributed by atoms with E-state index in [-0.39, 0.29) is 29.2 Å². The number of nitrogens with zero attached hydrogens (tertiary/aromatic N) is 4. The zero-order valence-electron chi connectivity index (χ0n) is 24.0. The highest BCUT2D eigenvalue weighted by Gasteiger charge is 2.36. The molecule has 6 aromatic rings. The minimum Gasteiger partial charge on any atom is -0.365 e. The second kappa shape index (κ2) is 13.2. The molecule has 7 nitrogen and oxygen atoms in total. The molecule has 0 spiro atoms. The van der Waals surface area contributed by atoms with E-state index in [1.807, 2.05) is 30.3 Å². The van der Waals surface area contributed by atoms with Crippen molar-refractivity contribution in [3.8, 4) is 22.4 Å². The molecule has 0 aliphatic carbocycles. The number of aromatic nitrogens is 4. The summed E-state index contributed by atoms with van der Waals surface area (Å²) in [5.74, 6) is -0.891. The summed E-state index contributed by atoms with van der Waals surface area (Å²) >= 11 is 7.41. The maximum Gasteiger partial charge on any atom is 0.417 e. The van der Waals surface area contributed by atoms with Gasteiger partial charge < -0.3 is 9.88 Å². The lowest BCUT2D eigenvalue weighted by atomic mass is 10.00. The van der Waals surface area contributed by atoms with Crippen molar-refractivity contribution in [3.63, 3.8) is 0 Å². The third kappa shape index (κ3) is 6.65. The zero-order chi connectivity index (χ0) is 32.3. The maximum atomic E-state index is 14.1. The number of carbonyl (C=O) groups excluding carboxylic acids is 1. The normalized spacial score (nSPS) is 11.5. The number of rotatable bonds is 9. The second-order valence-corrected chi connectivity index (χ2v) is 12.1. The number of aryl methyl sites for hydroxylation is 2. The summed E-state index contributed by atoms with van der Waals surface area (Å²) in [5, 5.41) is 7.60. The van der Waals surface area contributed by atoms with E-state index in [4.69, 9.17) is 11.6 Å². The molecule has 0 fully saturated rings. The molecule has 4 heterocycles. The number of anilines is 1. The molecule has 0 unspecified atom stereocenters. The van der Waals surface area contributed by atoms with E-state index in [2.05, 4.69) is 15.4 Å². The first kappa shape index (κ1) is 31.0. The van der Waals surface area contributed by atoms with Gasteiger partial charge in [0.25, 0.3) is 11.5 Å². The summed E-state index contributed by atoms with van der Waals surface area (Å²) in [7, 11) is 0. The summed E-state index contributed by atoms with van der Waals surface area (Å²) in [4.78, 5) is 32.9. The molecule has 1 N–H and O–H groups in total. The van der Waals surface area contributed by atoms with E-state index < -0.39 is 23.2 Å². The van der Waals surface area contributed by atoms with Gasteiger partial charge in [0.1, 0.15) is 11.5 Å². The number of pyridine rings is 2. The number of benzene rings is 2. The fourth-order valence-corrected chi connectivity index (χ4v) is 6.13. The predicted molar refractivity (Wildman–Crippen MR) is 173 cm³/mol. The Hall–Kier alpha value is -5.00. The van der Waals surface area contributed by atoms with Crippen molar-refractivity contribution in [2.45, 2.75) is 25.7 Å². The minimum absolute atomic E-state index is 0.112. The molecule has 2 aromatic carbocycles. The van der Waals surface area contributed by atoms with Gasteiger partial charge in [0.2, 0.25) is 0 Å². The van der Waals surface area contributed by atoms with Gasteiger partial charge in [0.15, 0.2) is 0 Å². The topological polar surface area (TPSA) is 81.8 Å². The first-order valence-corrected chi connectivity index (χ1v) is 15.4. The first-order chi connectivity index (χ1) is 22.2. The number of hydrogen-bond acceptors (Lipinski definition) is 6. The van der Waals surface area contributed by atoms with E-state index in [1.165, 1.54) is 29.5 Å². The van der Waals surface area contributed by atoms with E-state index in [0.717, 1.165) is 27.3 Å². The predicted octanol–water partition coefficient (Wildman–Crippen LogP) is 8.05. The Morgan fingerprint density at radius 3 is 2.39 bits per heavy atom. The quantitative estimate of drug-likeness (QED) is 0.170. The molecular weight excluding hydrogens is 635 g/mol. The molecule has 0 radical (unpaired) electrons. The van der Waals surface area contributed by atoms with Crippen molar-refractivity contribution < 1.29 is 18.0 Å². The third-order valence-corrected chi connectivity index (χ3v) is 8.57. The monoisotopic (exact) mass is 659 g/mol. The fourth-order valence-electron chi connectivity index (χ4n) is 5.10. The highest BCUT2D eigenvalue weighted by Crippen LogP contribution is 2.34. The number of halogens is 4. The van der Waals surface area contributed by atoms with E-state index in [0.29, 0.717) is 28.4 Å². The Morgan fingerprint density at radius 2 is 1.67 bits per heavy atom. The van der Waals surface area contributed by atoms with Gasteiger partial charge in [-0.15, -0.1) is 11.3 Å². The Morgan fingerprint density at radius 1 is 0.935 bits per heavy atom. The number of hydrogen-bond donors (Lipinski definition) is 1. The van der Waals surface area contributed by atoms with Gasteiger partial charge >= 0.3 is 6.18 Å². The van der Waals surface area contributed by atoms with Crippen LogP contribution in [0.2, 0.25) is 4.34 Å². The summed E-state index contributed by atoms with van der Waals surface area (Å²) < 4.78 is 44.8. The Labute approximate surface area is 270 Å². The lowest BCUT2D eigenvalue weighted by Gasteiger charge is -2.13. The third-order valence-electron chi connectivity index (χ3n) is 7.33. The minimum atomic E-state index is -4.77. The van der Waals surface area contributed by atoms with Crippen molar-refractivity contribution >= 4 is 34.7 Å². The van der Waals surface area contributed by atoms with Crippen LogP contribution in [0.25, 0.3) is 22.4 Å². The standard InChI is InChI=1S/C34H25ClF3N5O2S/c35-29-11-10-24(46-29)21-40-30-20-28(41-43(30)32(44)26-8-4-5-9-27(26)34(36,37)38)31-25(23-12-16-39-17-13-23)15-19-42(33(31)45)18-14-22-6-2-1-3-7-22/h1-13,15-17,19-20,40H,14,18,21H2. The molecule has 0 aliphatic heterocycles. The maximum absolute atomic E-state index is 14.1. The van der Waals surface area contributed by atoms with Gasteiger partial charge in [0.05, 0.1) is 27.6 Å². The van der Waals surface area contributed by atoms with Crippen LogP contribution in [0.1, 0.15) is 26.4 Å². The van der Waals surface area contributed by atoms with Crippen LogP contribution in [0.15, 0.2) is 114 Å². The van der Waals surface area contributed by atoms with Gasteiger partial charge in [-0.3, -0.25) is 14.6 Å². The molecule has 46 heavy (non-hydrogen) atoms. The summed E-state index contributed by atoms with van der Waals surface area (Å²) in [6, 6.07) is 24.6. The first-order valence-electron chi connectivity index (χ1n) is 14.2. The van der Waals surface area contributed by atoms with Crippen molar-refractivity contribution in [3.05, 3.63) is 146 Å². The molecule has 0 atom stereocenters. The molecule has 232 valence electrons. The highest BCUT2D eigenvalue weighted by atomic mass is 35.5. The Kier molecular flexibility index (Phi) is 8.87. The van der Waals surface area contributed by atoms with Crippen LogP contribution in [0.4, 0.5) is 19.0 Å². The van der Waals surface area contributed by atoms with E-state index in [1.54, 1.807) is 53.5 Å². The number of alkyl halides is 3. The van der Waals surface area contributed by atoms with Gasteiger partial charge in [-0.05, 0) is 65.6 Å². The van der Waals surface area contributed by atoms with Gasteiger partial charge in [0, 0.05) is 36.1 Å². The highest BCUT2D eigenvalue weighted by molar-refractivity contribution is 7.16. The lowest BCUT2D eigenvalue weighted by molar-refractivity contribution is -0.137. The SMILES string of the molecule is O=C(c1ccccc1C(F)(F)F)n1nc(-c2c(-c3ccncc3)ccn(CCc3ccccc3)c2=O)cc1NCc1ccc(Cl)s1. The van der Waals surface area contributed by atoms with Gasteiger partial charge in [-0.2, -0.15) is 23.0 Å². The molecule has 0 amide bonds. The molecule has 0 saturated heterocycles. The smallest absolute Gasteiger partial charge is 0.365 e. The molecule has 0 bridgehead atoms. The van der Waals surface area contributed by atoms with Crippen LogP contribution in [0.5, 0.6) is 0 Å². The van der Waals surface area contributed by atoms with E-state index in [9.17, 15) is 22.8 Å². The summed E-state index contributed by atoms with van der Waals surface area (Å²) in [6.45, 7) is 0.583. The number of thiophene rings is 1. The van der Waals surface area contributed by atoms with Crippen molar-refractivity contribution in [2.24, 2.45) is 0 Å². The van der Waals surface area contributed by atoms with Crippen molar-refractivity contribution in [2.75, 3.05) is 5.32 Å². The largest absolute Gasteiger partial charge is 0.417 e. The number of carbonyl (C=O) groups is 1. The van der Waals surface area contributed by atoms with Gasteiger partial charge in [-0.25, -0.2) is 0 Å². The lowest BCUT2D eigenvalue weighted by Crippen LogP contribution is -2.23. The zero-order valence-corrected chi connectivity index (χ0v) is 25.6. The van der Waals surface area contributed by atoms with Crippen LogP contribution in [-0.4, -0.2) is 25.2 Å². The molecule has 12 heteroatoms. The van der Waals surface area contributed by atoms with Gasteiger partial charge in [-0.1, -0.05) is 54.1 Å². The second-order valence-electron chi connectivity index (χ2n) is 10.3. The number of nitrogens with one attached hydrogen (secondary N) is 1. The van der Waals surface area contributed by atoms with Crippen LogP contribution in [0, 0.1) is 0 Å². The molecular formula is C34H25ClF3N5O2S. The van der Waals surface area contributed by atoms with Crippen LogP contribution >= 0.6 is 22.9 Å². The Balaban J connectivity index is 1.49. The molecule has 0 saturated carbocycles.